The minimum Gasteiger partial charge on any atom is -0.317 e. The van der Waals surface area contributed by atoms with Crippen molar-refractivity contribution in [1.82, 2.24) is 0 Å². The molecule has 4 saturated carbocycles. The van der Waals surface area contributed by atoms with Crippen LogP contribution in [-0.2, 0) is 20.9 Å². The molecule has 2 nitrogen and oxygen atoms in total. The van der Waals surface area contributed by atoms with Gasteiger partial charge >= 0.3 is 0 Å². The summed E-state index contributed by atoms with van der Waals surface area (Å²) >= 11 is 10.7. The number of thiol groups is 1. The maximum absolute atomic E-state index is 6.63. The standard InChI is InChI=1S/C20H35O2PS2/c1-17(2)13-7-9-19(5,11-13)15(17)21-23(24,25)22-16-18(3,4)14-8-10-20(16,6)12-14/h13-16H,7-12H2,1-6H3,(H,24,25). The van der Waals surface area contributed by atoms with Crippen molar-refractivity contribution in [2.24, 2.45) is 33.5 Å². The monoisotopic (exact) mass is 402 g/mol. The van der Waals surface area contributed by atoms with Crippen molar-refractivity contribution in [1.29, 1.82) is 0 Å². The highest BCUT2D eigenvalue weighted by Crippen LogP contribution is 2.72. The Labute approximate surface area is 164 Å². The molecule has 4 aliphatic carbocycles. The van der Waals surface area contributed by atoms with Crippen molar-refractivity contribution in [3.8, 4) is 0 Å². The van der Waals surface area contributed by atoms with Gasteiger partial charge in [-0.1, -0.05) is 53.8 Å². The Bertz CT molecular complexity index is 574. The molecule has 0 aliphatic heterocycles. The summed E-state index contributed by atoms with van der Waals surface area (Å²) in [6, 6.07) is 0. The zero-order valence-electron chi connectivity index (χ0n) is 16.7. The summed E-state index contributed by atoms with van der Waals surface area (Å²) in [7, 11) is 0. The van der Waals surface area contributed by atoms with Crippen LogP contribution in [0.4, 0.5) is 0 Å². The second kappa shape index (κ2) is 5.50. The van der Waals surface area contributed by atoms with E-state index in [1.54, 1.807) is 0 Å². The van der Waals surface area contributed by atoms with Crippen LogP contribution in [0.5, 0.6) is 0 Å². The van der Waals surface area contributed by atoms with Crippen molar-refractivity contribution in [3.05, 3.63) is 0 Å². The minimum atomic E-state index is -2.57. The van der Waals surface area contributed by atoms with Crippen LogP contribution < -0.4 is 0 Å². The first-order valence-corrected chi connectivity index (χ1v) is 13.8. The highest BCUT2D eigenvalue weighted by atomic mass is 32.9. The lowest BCUT2D eigenvalue weighted by Gasteiger charge is -2.47. The molecule has 0 amide bonds. The fourth-order valence-corrected chi connectivity index (χ4v) is 10.0. The first-order valence-electron chi connectivity index (χ1n) is 10.00. The summed E-state index contributed by atoms with van der Waals surface area (Å²) in [5.41, 5.74) is -1.72. The van der Waals surface area contributed by atoms with Gasteiger partial charge in [-0.2, -0.15) is 0 Å². The first-order chi connectivity index (χ1) is 11.3. The molecule has 0 aromatic rings. The Hall–Kier alpha value is 0.920. The van der Waals surface area contributed by atoms with Crippen LogP contribution in [0.15, 0.2) is 0 Å². The van der Waals surface area contributed by atoms with Gasteiger partial charge in [-0.05, 0) is 83.8 Å². The number of rotatable bonds is 4. The molecule has 4 fully saturated rings. The zero-order chi connectivity index (χ0) is 18.5. The van der Waals surface area contributed by atoms with Gasteiger partial charge in [0.25, 0.3) is 0 Å². The summed E-state index contributed by atoms with van der Waals surface area (Å²) in [5.74, 6) is 1.50. The quantitative estimate of drug-likeness (QED) is 0.422. The van der Waals surface area contributed by atoms with Crippen molar-refractivity contribution in [2.45, 2.75) is 92.3 Å². The summed E-state index contributed by atoms with van der Waals surface area (Å²) < 4.78 is 13.3. The number of hydrogen-bond acceptors (Lipinski definition) is 3. The van der Waals surface area contributed by atoms with Crippen molar-refractivity contribution < 1.29 is 9.05 Å². The van der Waals surface area contributed by atoms with Crippen LogP contribution in [0.2, 0.25) is 0 Å². The van der Waals surface area contributed by atoms with Gasteiger partial charge in [-0.25, -0.2) is 0 Å². The highest BCUT2D eigenvalue weighted by Gasteiger charge is 2.63. The maximum atomic E-state index is 6.63. The van der Waals surface area contributed by atoms with Crippen LogP contribution >= 0.6 is 17.9 Å². The van der Waals surface area contributed by atoms with Crippen LogP contribution in [-0.4, -0.2) is 12.2 Å². The van der Waals surface area contributed by atoms with Gasteiger partial charge in [-0.15, -0.1) is 0 Å². The van der Waals surface area contributed by atoms with E-state index in [1.165, 1.54) is 38.5 Å². The second-order valence-electron chi connectivity index (χ2n) is 11.3. The molecule has 4 bridgehead atoms. The average Bonchev–Trinajstić information content (AvgIpc) is 3.14. The molecular formula is C20H35O2PS2. The predicted molar refractivity (Wildman–Crippen MR) is 111 cm³/mol. The van der Waals surface area contributed by atoms with Gasteiger partial charge in [0.2, 0.25) is 5.69 Å². The minimum absolute atomic E-state index is 0.177. The molecule has 0 N–H and O–H groups in total. The molecule has 6 unspecified atom stereocenters. The number of hydrogen-bond donors (Lipinski definition) is 1. The molecule has 0 saturated heterocycles. The third-order valence-corrected chi connectivity index (χ3v) is 10.8. The van der Waals surface area contributed by atoms with Gasteiger partial charge in [0.15, 0.2) is 0 Å². The smallest absolute Gasteiger partial charge is 0.244 e. The molecule has 0 aromatic carbocycles. The van der Waals surface area contributed by atoms with Gasteiger partial charge in [0, 0.05) is 0 Å². The van der Waals surface area contributed by atoms with E-state index in [-0.39, 0.29) is 33.9 Å². The Morgan fingerprint density at radius 2 is 1.16 bits per heavy atom. The summed E-state index contributed by atoms with van der Waals surface area (Å²) in [5, 5.41) is 0. The van der Waals surface area contributed by atoms with E-state index in [2.05, 4.69) is 41.5 Å². The predicted octanol–water partition coefficient (Wildman–Crippen LogP) is 6.60. The third kappa shape index (κ3) is 2.76. The van der Waals surface area contributed by atoms with Gasteiger partial charge in [0.05, 0.1) is 12.2 Å². The number of fused-ring (bicyclic) bond motifs is 4. The van der Waals surface area contributed by atoms with E-state index >= 15 is 0 Å². The van der Waals surface area contributed by atoms with Gasteiger partial charge < -0.3 is 9.05 Å². The molecule has 0 spiro atoms. The molecular weight excluding hydrogens is 367 g/mol. The van der Waals surface area contributed by atoms with Crippen LogP contribution in [0, 0.1) is 33.5 Å². The second-order valence-corrected chi connectivity index (χ2v) is 16.5. The summed E-state index contributed by atoms with van der Waals surface area (Å²) in [4.78, 5) is 0. The van der Waals surface area contributed by atoms with Gasteiger partial charge in [0.1, 0.15) is 0 Å². The lowest BCUT2D eigenvalue weighted by atomic mass is 9.70. The van der Waals surface area contributed by atoms with E-state index < -0.39 is 5.69 Å². The van der Waals surface area contributed by atoms with Crippen LogP contribution in [0.1, 0.15) is 80.1 Å². The van der Waals surface area contributed by atoms with E-state index in [4.69, 9.17) is 33.1 Å². The molecule has 0 heterocycles. The average molecular weight is 403 g/mol. The topological polar surface area (TPSA) is 18.5 Å². The molecule has 6 atom stereocenters. The molecule has 5 heteroatoms. The van der Waals surface area contributed by atoms with E-state index in [9.17, 15) is 0 Å². The highest BCUT2D eigenvalue weighted by molar-refractivity contribution is 8.60. The third-order valence-electron chi connectivity index (χ3n) is 8.75. The Morgan fingerprint density at radius 1 is 0.800 bits per heavy atom. The molecule has 0 radical (unpaired) electrons. The van der Waals surface area contributed by atoms with Crippen LogP contribution in [0.25, 0.3) is 0 Å². The Morgan fingerprint density at radius 3 is 1.44 bits per heavy atom. The normalized spacial score (nSPS) is 51.8. The molecule has 4 aliphatic rings. The van der Waals surface area contributed by atoms with Crippen LogP contribution in [0.3, 0.4) is 0 Å². The fourth-order valence-electron chi connectivity index (χ4n) is 7.33. The SMILES string of the molecule is CC12CCC(C1)C(C)(C)C2OP(=S)(S)OC1C2(C)CCC(C2)C1(C)C. The lowest BCUT2D eigenvalue weighted by Crippen LogP contribution is -2.43. The summed E-state index contributed by atoms with van der Waals surface area (Å²) in [6.45, 7) is 14.2. The Balaban J connectivity index is 1.54. The lowest BCUT2D eigenvalue weighted by molar-refractivity contribution is -0.0446. The largest absolute Gasteiger partial charge is 0.317 e. The van der Waals surface area contributed by atoms with E-state index in [0.717, 1.165) is 11.8 Å². The fraction of sp³-hybridized carbons (Fsp3) is 1.00. The van der Waals surface area contributed by atoms with E-state index in [1.807, 2.05) is 0 Å². The van der Waals surface area contributed by atoms with E-state index in [0.29, 0.717) is 0 Å². The Kier molecular flexibility index (Phi) is 4.23. The van der Waals surface area contributed by atoms with Crippen molar-refractivity contribution in [2.75, 3.05) is 0 Å². The molecule has 0 aromatic heterocycles. The van der Waals surface area contributed by atoms with Crippen molar-refractivity contribution in [3.63, 3.8) is 0 Å². The molecule has 4 rings (SSSR count). The molecule has 25 heavy (non-hydrogen) atoms. The first kappa shape index (κ1) is 19.2. The maximum Gasteiger partial charge on any atom is 0.244 e. The zero-order valence-corrected chi connectivity index (χ0v) is 19.3. The summed E-state index contributed by atoms with van der Waals surface area (Å²) in [6.07, 6.45) is 8.05. The van der Waals surface area contributed by atoms with Gasteiger partial charge in [-0.3, -0.25) is 0 Å². The molecule has 144 valence electrons. The van der Waals surface area contributed by atoms with Crippen molar-refractivity contribution >= 4 is 29.7 Å².